The van der Waals surface area contributed by atoms with Gasteiger partial charge in [-0.3, -0.25) is 4.90 Å². The zero-order chi connectivity index (χ0) is 15.8. The van der Waals surface area contributed by atoms with Gasteiger partial charge in [-0.1, -0.05) is 36.4 Å². The Morgan fingerprint density at radius 3 is 2.52 bits per heavy atom. The molecule has 1 N–H and O–H groups in total. The fourth-order valence-electron chi connectivity index (χ4n) is 3.13. The van der Waals surface area contributed by atoms with Crippen LogP contribution in [0.1, 0.15) is 11.1 Å². The normalized spacial score (nSPS) is 14.3. The molecule has 0 bridgehead atoms. The number of aromatic hydroxyl groups is 1. The average Bonchev–Trinajstić information content (AvgIpc) is 3.09. The van der Waals surface area contributed by atoms with Crippen LogP contribution in [0.4, 0.5) is 4.39 Å². The number of hydrogen-bond donors (Lipinski definition) is 1. The molecule has 23 heavy (non-hydrogen) atoms. The summed E-state index contributed by atoms with van der Waals surface area (Å²) in [7, 11) is 0. The molecule has 4 nitrogen and oxygen atoms in total. The van der Waals surface area contributed by atoms with E-state index in [9.17, 15) is 9.50 Å². The minimum absolute atomic E-state index is 0.0881. The molecule has 3 aromatic rings. The van der Waals surface area contributed by atoms with Gasteiger partial charge in [0.05, 0.1) is 0 Å². The van der Waals surface area contributed by atoms with Gasteiger partial charge in [0.1, 0.15) is 12.1 Å². The van der Waals surface area contributed by atoms with Crippen molar-refractivity contribution < 1.29 is 14.3 Å². The summed E-state index contributed by atoms with van der Waals surface area (Å²) in [6.07, 6.45) is 0. The Labute approximate surface area is 133 Å². The third-order valence-corrected chi connectivity index (χ3v) is 4.25. The second-order valence-corrected chi connectivity index (χ2v) is 5.79. The van der Waals surface area contributed by atoms with Gasteiger partial charge in [-0.05, 0) is 17.2 Å². The minimum atomic E-state index is -0.406. The standard InChI is InChI=1S/C18H17FN2O2/c19-16-7-3-6-13-10-17(22)21(18(13)16)23-9-8-20-11-14-4-1-2-5-15(14)12-20/h1-7,10,22H,8-9,11-12H2. The molecule has 1 aromatic heterocycles. The maximum absolute atomic E-state index is 13.9. The Morgan fingerprint density at radius 2 is 1.78 bits per heavy atom. The van der Waals surface area contributed by atoms with Crippen LogP contribution < -0.4 is 4.84 Å². The third-order valence-electron chi connectivity index (χ3n) is 4.25. The van der Waals surface area contributed by atoms with Gasteiger partial charge in [-0.15, -0.1) is 4.73 Å². The van der Waals surface area contributed by atoms with Gasteiger partial charge in [0.15, 0.2) is 5.82 Å². The summed E-state index contributed by atoms with van der Waals surface area (Å²) in [6, 6.07) is 14.6. The second kappa shape index (κ2) is 5.59. The highest BCUT2D eigenvalue weighted by molar-refractivity contribution is 5.82. The van der Waals surface area contributed by atoms with Crippen molar-refractivity contribution in [3.8, 4) is 5.88 Å². The largest absolute Gasteiger partial charge is 0.492 e. The average molecular weight is 312 g/mol. The Bertz CT molecular complexity index is 834. The Hall–Kier alpha value is -2.53. The van der Waals surface area contributed by atoms with Crippen molar-refractivity contribution >= 4 is 10.9 Å². The monoisotopic (exact) mass is 312 g/mol. The molecule has 0 unspecified atom stereocenters. The molecule has 5 heteroatoms. The van der Waals surface area contributed by atoms with Crippen LogP contribution in [0.25, 0.3) is 10.9 Å². The molecule has 0 fully saturated rings. The molecule has 0 aliphatic carbocycles. The van der Waals surface area contributed by atoms with Crippen molar-refractivity contribution in [2.75, 3.05) is 13.2 Å². The van der Waals surface area contributed by atoms with E-state index in [1.807, 2.05) is 12.1 Å². The van der Waals surface area contributed by atoms with Gasteiger partial charge in [-0.25, -0.2) is 4.39 Å². The van der Waals surface area contributed by atoms with Crippen LogP contribution in [-0.4, -0.2) is 27.9 Å². The van der Waals surface area contributed by atoms with E-state index in [-0.39, 0.29) is 11.4 Å². The molecule has 4 rings (SSSR count). The van der Waals surface area contributed by atoms with Crippen molar-refractivity contribution in [2.24, 2.45) is 0 Å². The summed E-state index contributed by atoms with van der Waals surface area (Å²) < 4.78 is 15.1. The van der Waals surface area contributed by atoms with Gasteiger partial charge in [0.2, 0.25) is 5.88 Å². The maximum Gasteiger partial charge on any atom is 0.226 e. The molecule has 1 aliphatic rings. The summed E-state index contributed by atoms with van der Waals surface area (Å²) in [6.45, 7) is 2.88. The number of para-hydroxylation sites is 1. The quantitative estimate of drug-likeness (QED) is 0.805. The number of fused-ring (bicyclic) bond motifs is 2. The van der Waals surface area contributed by atoms with Gasteiger partial charge < -0.3 is 9.94 Å². The zero-order valence-electron chi connectivity index (χ0n) is 12.6. The summed E-state index contributed by atoms with van der Waals surface area (Å²) in [5.41, 5.74) is 2.95. The number of benzene rings is 2. The summed E-state index contributed by atoms with van der Waals surface area (Å²) in [4.78, 5) is 7.88. The van der Waals surface area contributed by atoms with Gasteiger partial charge in [-0.2, -0.15) is 0 Å². The first-order valence-electron chi connectivity index (χ1n) is 7.64. The summed E-state index contributed by atoms with van der Waals surface area (Å²) >= 11 is 0. The summed E-state index contributed by atoms with van der Waals surface area (Å²) in [5, 5.41) is 10.6. The maximum atomic E-state index is 13.9. The smallest absolute Gasteiger partial charge is 0.226 e. The first-order chi connectivity index (χ1) is 11.2. The molecule has 1 aliphatic heterocycles. The van der Waals surface area contributed by atoms with E-state index in [1.165, 1.54) is 28.0 Å². The Morgan fingerprint density at radius 1 is 1.04 bits per heavy atom. The van der Waals surface area contributed by atoms with E-state index in [1.54, 1.807) is 12.1 Å². The molecule has 0 radical (unpaired) electrons. The lowest BCUT2D eigenvalue weighted by atomic mass is 10.1. The predicted molar refractivity (Wildman–Crippen MR) is 85.6 cm³/mol. The van der Waals surface area contributed by atoms with Crippen LogP contribution in [0.15, 0.2) is 48.5 Å². The van der Waals surface area contributed by atoms with Gasteiger partial charge in [0, 0.05) is 31.1 Å². The molecule has 2 heterocycles. The van der Waals surface area contributed by atoms with Crippen LogP contribution in [0, 0.1) is 5.82 Å². The van der Waals surface area contributed by atoms with E-state index in [4.69, 9.17) is 4.84 Å². The van der Waals surface area contributed by atoms with E-state index >= 15 is 0 Å². The molecule has 0 amide bonds. The molecule has 2 aromatic carbocycles. The topological polar surface area (TPSA) is 37.6 Å². The molecule has 0 atom stereocenters. The molecular formula is C18H17FN2O2. The summed E-state index contributed by atoms with van der Waals surface area (Å²) in [5.74, 6) is -0.494. The van der Waals surface area contributed by atoms with Crippen molar-refractivity contribution in [3.05, 3.63) is 65.5 Å². The Balaban J connectivity index is 1.44. The molecular weight excluding hydrogens is 295 g/mol. The lowest BCUT2D eigenvalue weighted by Crippen LogP contribution is -2.26. The molecule has 0 saturated heterocycles. The van der Waals surface area contributed by atoms with Crippen LogP contribution in [0.2, 0.25) is 0 Å². The third kappa shape index (κ3) is 2.53. The van der Waals surface area contributed by atoms with E-state index in [0.29, 0.717) is 18.5 Å². The fourth-order valence-corrected chi connectivity index (χ4v) is 3.13. The minimum Gasteiger partial charge on any atom is -0.492 e. The second-order valence-electron chi connectivity index (χ2n) is 5.79. The van der Waals surface area contributed by atoms with Crippen molar-refractivity contribution in [1.29, 1.82) is 0 Å². The van der Waals surface area contributed by atoms with Crippen molar-refractivity contribution in [1.82, 2.24) is 9.63 Å². The Kier molecular flexibility index (Phi) is 3.42. The van der Waals surface area contributed by atoms with E-state index in [2.05, 4.69) is 17.0 Å². The number of rotatable bonds is 4. The number of nitrogens with zero attached hydrogens (tertiary/aromatic N) is 2. The van der Waals surface area contributed by atoms with Gasteiger partial charge in [0.25, 0.3) is 0 Å². The van der Waals surface area contributed by atoms with E-state index < -0.39 is 5.82 Å². The highest BCUT2D eigenvalue weighted by Gasteiger charge is 2.18. The van der Waals surface area contributed by atoms with Crippen molar-refractivity contribution in [2.45, 2.75) is 13.1 Å². The van der Waals surface area contributed by atoms with Gasteiger partial charge >= 0.3 is 0 Å². The number of halogens is 1. The first-order valence-corrected chi connectivity index (χ1v) is 7.64. The number of hydrogen-bond acceptors (Lipinski definition) is 3. The zero-order valence-corrected chi connectivity index (χ0v) is 12.6. The van der Waals surface area contributed by atoms with Crippen LogP contribution in [0.3, 0.4) is 0 Å². The molecule has 118 valence electrons. The van der Waals surface area contributed by atoms with Crippen molar-refractivity contribution in [3.63, 3.8) is 0 Å². The first kappa shape index (κ1) is 14.1. The fraction of sp³-hybridized carbons (Fsp3) is 0.222. The van der Waals surface area contributed by atoms with Crippen LogP contribution in [0.5, 0.6) is 5.88 Å². The highest BCUT2D eigenvalue weighted by Crippen LogP contribution is 2.26. The highest BCUT2D eigenvalue weighted by atomic mass is 19.1. The lowest BCUT2D eigenvalue weighted by Gasteiger charge is -2.16. The predicted octanol–water partition coefficient (Wildman–Crippen LogP) is 2.93. The lowest BCUT2D eigenvalue weighted by molar-refractivity contribution is 0.0782. The van der Waals surface area contributed by atoms with Crippen LogP contribution >= 0.6 is 0 Å². The molecule has 0 spiro atoms. The van der Waals surface area contributed by atoms with E-state index in [0.717, 1.165) is 13.1 Å². The molecule has 0 saturated carbocycles. The number of aromatic nitrogens is 1. The SMILES string of the molecule is Oc1cc2cccc(F)c2n1OCCN1Cc2ccccc2C1. The van der Waals surface area contributed by atoms with Crippen LogP contribution in [-0.2, 0) is 13.1 Å².